The lowest BCUT2D eigenvalue weighted by Crippen LogP contribution is -2.20. The minimum Gasteiger partial charge on any atom is -0.439 e. The third-order valence-electron chi connectivity index (χ3n) is 1.62. The van der Waals surface area contributed by atoms with Crippen LogP contribution in [0.4, 0.5) is 0 Å². The van der Waals surface area contributed by atoms with Crippen molar-refractivity contribution in [2.45, 2.75) is 18.6 Å². The summed E-state index contributed by atoms with van der Waals surface area (Å²) in [6.07, 6.45) is -1.15. The highest BCUT2D eigenvalue weighted by Gasteiger charge is 2.16. The van der Waals surface area contributed by atoms with E-state index in [1.165, 1.54) is 6.92 Å². The molecule has 0 aliphatic rings. The summed E-state index contributed by atoms with van der Waals surface area (Å²) in [6, 6.07) is 8.91. The molecule has 0 saturated heterocycles. The summed E-state index contributed by atoms with van der Waals surface area (Å²) < 4.78 is 4.77. The Hall–Kier alpha value is -1.06. The average molecular weight is 215 g/mol. The molecule has 1 aromatic rings. The molecule has 0 amide bonds. The van der Waals surface area contributed by atoms with Gasteiger partial charge in [-0.15, -0.1) is 0 Å². The first-order valence-corrected chi connectivity index (χ1v) is 4.62. The molecule has 2 atom stereocenters. The van der Waals surface area contributed by atoms with Gasteiger partial charge in [-0.2, -0.15) is 0 Å². The molecule has 0 spiro atoms. The Kier molecular flexibility index (Phi) is 3.92. The highest BCUT2D eigenvalue weighted by atomic mass is 35.5. The number of halogens is 1. The zero-order valence-electron chi connectivity index (χ0n) is 7.68. The van der Waals surface area contributed by atoms with Gasteiger partial charge < -0.3 is 9.84 Å². The number of esters is 1. The van der Waals surface area contributed by atoms with Crippen LogP contribution in [0.3, 0.4) is 0 Å². The Morgan fingerprint density at radius 2 is 2.00 bits per heavy atom. The van der Waals surface area contributed by atoms with Crippen molar-refractivity contribution < 1.29 is 14.6 Å². The third-order valence-corrected chi connectivity index (χ3v) is 1.96. The summed E-state index contributed by atoms with van der Waals surface area (Å²) in [5.41, 5.74) is -0.165. The van der Waals surface area contributed by atoms with Crippen LogP contribution in [-0.4, -0.2) is 17.2 Å². The van der Waals surface area contributed by atoms with Crippen LogP contribution in [-0.2, 0) is 9.53 Å². The van der Waals surface area contributed by atoms with Gasteiger partial charge in [0.2, 0.25) is 5.56 Å². The van der Waals surface area contributed by atoms with Crippen LogP contribution in [0, 0.1) is 0 Å². The van der Waals surface area contributed by atoms with Gasteiger partial charge in [0, 0.05) is 5.56 Å². The lowest BCUT2D eigenvalue weighted by molar-refractivity contribution is -0.154. The highest BCUT2D eigenvalue weighted by Crippen LogP contribution is 2.21. The molecule has 1 N–H and O–H groups in total. The number of ether oxygens (including phenoxy) is 1. The third kappa shape index (κ3) is 3.01. The van der Waals surface area contributed by atoms with Crippen molar-refractivity contribution in [2.75, 3.05) is 0 Å². The number of aliphatic hydroxyl groups is 1. The maximum Gasteiger partial charge on any atom is 0.336 e. The van der Waals surface area contributed by atoms with Gasteiger partial charge in [-0.3, -0.25) is 0 Å². The average Bonchev–Trinajstić information content (AvgIpc) is 2.19. The fraction of sp³-hybridized carbons (Fsp3) is 0.300. The van der Waals surface area contributed by atoms with Crippen LogP contribution in [0.15, 0.2) is 30.3 Å². The molecule has 0 fully saturated rings. The van der Waals surface area contributed by atoms with E-state index in [0.29, 0.717) is 5.56 Å². The fourth-order valence-corrected chi connectivity index (χ4v) is 1.11. The highest BCUT2D eigenvalue weighted by molar-refractivity contribution is 6.20. The lowest BCUT2D eigenvalue weighted by atomic mass is 10.2. The van der Waals surface area contributed by atoms with E-state index in [1.54, 1.807) is 24.3 Å². The monoisotopic (exact) mass is 214 g/mol. The minimum atomic E-state index is -1.15. The molecule has 1 rings (SSSR count). The van der Waals surface area contributed by atoms with Crippen molar-refractivity contribution in [3.63, 3.8) is 0 Å². The molecule has 0 radical (unpaired) electrons. The van der Waals surface area contributed by atoms with Crippen molar-refractivity contribution >= 4 is 17.6 Å². The van der Waals surface area contributed by atoms with E-state index in [9.17, 15) is 4.79 Å². The second-order valence-electron chi connectivity index (χ2n) is 2.84. The SMILES string of the molecule is CC(O)C(=O)OC(Cl)c1ccccc1. The van der Waals surface area contributed by atoms with Crippen LogP contribution >= 0.6 is 11.6 Å². The van der Waals surface area contributed by atoms with E-state index >= 15 is 0 Å². The predicted molar refractivity (Wildman–Crippen MR) is 52.8 cm³/mol. The molecule has 76 valence electrons. The van der Waals surface area contributed by atoms with Crippen LogP contribution in [0.1, 0.15) is 18.1 Å². The van der Waals surface area contributed by atoms with E-state index in [2.05, 4.69) is 0 Å². The summed E-state index contributed by atoms with van der Waals surface area (Å²) in [5.74, 6) is -0.728. The smallest absolute Gasteiger partial charge is 0.336 e. The maximum atomic E-state index is 11.0. The number of carbonyl (C=O) groups is 1. The zero-order valence-corrected chi connectivity index (χ0v) is 8.44. The molecule has 3 nitrogen and oxygen atoms in total. The number of aliphatic hydroxyl groups excluding tert-OH is 1. The van der Waals surface area contributed by atoms with Crippen molar-refractivity contribution in [3.05, 3.63) is 35.9 Å². The standard InChI is InChI=1S/C10H11ClO3/c1-7(12)10(13)14-9(11)8-5-3-2-4-6-8/h2-7,9,12H,1H3. The Labute approximate surface area is 87.3 Å². The number of hydrogen-bond donors (Lipinski definition) is 1. The van der Waals surface area contributed by atoms with Gasteiger partial charge in [0.05, 0.1) is 0 Å². The van der Waals surface area contributed by atoms with E-state index in [1.807, 2.05) is 6.07 Å². The molecule has 0 aromatic heterocycles. The molecular formula is C10H11ClO3. The van der Waals surface area contributed by atoms with E-state index < -0.39 is 17.6 Å². The topological polar surface area (TPSA) is 46.5 Å². The number of rotatable bonds is 3. The molecule has 0 saturated carbocycles. The zero-order chi connectivity index (χ0) is 10.6. The van der Waals surface area contributed by atoms with Gasteiger partial charge in [-0.05, 0) is 6.92 Å². The van der Waals surface area contributed by atoms with Crippen molar-refractivity contribution in [1.82, 2.24) is 0 Å². The quantitative estimate of drug-likeness (QED) is 0.617. The summed E-state index contributed by atoms with van der Waals surface area (Å²) in [4.78, 5) is 11.0. The molecule has 14 heavy (non-hydrogen) atoms. The molecule has 0 heterocycles. The fourth-order valence-electron chi connectivity index (χ4n) is 0.873. The first-order chi connectivity index (χ1) is 6.61. The van der Waals surface area contributed by atoms with Gasteiger partial charge in [-0.25, -0.2) is 4.79 Å². The number of alkyl halides is 1. The number of carbonyl (C=O) groups excluding carboxylic acids is 1. The summed E-state index contributed by atoms with van der Waals surface area (Å²) in [7, 11) is 0. The van der Waals surface area contributed by atoms with Gasteiger partial charge >= 0.3 is 5.97 Å². The second-order valence-corrected chi connectivity index (χ2v) is 3.24. The Bertz CT molecular complexity index is 297. The Balaban J connectivity index is 2.59. The van der Waals surface area contributed by atoms with E-state index in [-0.39, 0.29) is 0 Å². The molecular weight excluding hydrogens is 204 g/mol. The summed E-state index contributed by atoms with van der Waals surface area (Å²) >= 11 is 5.79. The van der Waals surface area contributed by atoms with Crippen LogP contribution in [0.25, 0.3) is 0 Å². The molecule has 1 aromatic carbocycles. The Morgan fingerprint density at radius 1 is 1.43 bits per heavy atom. The predicted octanol–water partition coefficient (Wildman–Crippen LogP) is 1.85. The summed E-state index contributed by atoms with van der Waals surface area (Å²) in [6.45, 7) is 1.33. The molecule has 0 aliphatic heterocycles. The van der Waals surface area contributed by atoms with Crippen LogP contribution in [0.2, 0.25) is 0 Å². The normalized spacial score (nSPS) is 14.5. The molecule has 0 bridgehead atoms. The van der Waals surface area contributed by atoms with Gasteiger partial charge in [0.25, 0.3) is 0 Å². The molecule has 0 aliphatic carbocycles. The summed E-state index contributed by atoms with van der Waals surface area (Å²) in [5, 5.41) is 8.88. The van der Waals surface area contributed by atoms with Crippen molar-refractivity contribution in [1.29, 1.82) is 0 Å². The lowest BCUT2D eigenvalue weighted by Gasteiger charge is -2.12. The van der Waals surface area contributed by atoms with Gasteiger partial charge in [0.1, 0.15) is 6.10 Å². The van der Waals surface area contributed by atoms with Gasteiger partial charge in [-0.1, -0.05) is 41.9 Å². The van der Waals surface area contributed by atoms with E-state index in [0.717, 1.165) is 0 Å². The molecule has 4 heteroatoms. The van der Waals surface area contributed by atoms with E-state index in [4.69, 9.17) is 21.4 Å². The number of benzene rings is 1. The Morgan fingerprint density at radius 3 is 2.50 bits per heavy atom. The van der Waals surface area contributed by atoms with Crippen molar-refractivity contribution in [3.8, 4) is 0 Å². The first kappa shape index (κ1) is 11.0. The van der Waals surface area contributed by atoms with Crippen LogP contribution in [0.5, 0.6) is 0 Å². The van der Waals surface area contributed by atoms with Crippen LogP contribution < -0.4 is 0 Å². The van der Waals surface area contributed by atoms with Gasteiger partial charge in [0.15, 0.2) is 0 Å². The van der Waals surface area contributed by atoms with Crippen molar-refractivity contribution in [2.24, 2.45) is 0 Å². The first-order valence-electron chi connectivity index (χ1n) is 4.19. The maximum absolute atomic E-state index is 11.0. The minimum absolute atomic E-state index is 0.683. The second kappa shape index (κ2) is 4.98. The largest absolute Gasteiger partial charge is 0.439 e. The number of hydrogen-bond acceptors (Lipinski definition) is 3. The molecule has 2 unspecified atom stereocenters.